The van der Waals surface area contributed by atoms with Gasteiger partial charge in [-0.25, -0.2) is 14.8 Å². The van der Waals surface area contributed by atoms with Crippen LogP contribution in [0.5, 0.6) is 11.5 Å². The molecule has 2 aliphatic rings. The Labute approximate surface area is 267 Å². The molecule has 2 fully saturated rings. The molecule has 1 amide bonds. The van der Waals surface area contributed by atoms with Crippen LogP contribution in [0.3, 0.4) is 0 Å². The van der Waals surface area contributed by atoms with E-state index in [1.54, 1.807) is 39.8 Å². The second-order valence-corrected chi connectivity index (χ2v) is 12.3. The van der Waals surface area contributed by atoms with Gasteiger partial charge >= 0.3 is 5.69 Å². The van der Waals surface area contributed by atoms with Crippen molar-refractivity contribution in [1.29, 1.82) is 5.26 Å². The van der Waals surface area contributed by atoms with E-state index < -0.39 is 5.54 Å². The highest BCUT2D eigenvalue weighted by Crippen LogP contribution is 2.30. The molecule has 12 nitrogen and oxygen atoms in total. The minimum Gasteiger partial charge on any atom is -0.457 e. The molecule has 4 heterocycles. The molecule has 2 aromatic carbocycles. The number of nitrogen functional groups attached to an aromatic ring is 1. The molecule has 0 spiro atoms. The Morgan fingerprint density at radius 1 is 1.04 bits per heavy atom. The number of carbonyl (C=O) groups excluding carboxylic acids is 1. The summed E-state index contributed by atoms with van der Waals surface area (Å²) >= 11 is 0. The van der Waals surface area contributed by atoms with Gasteiger partial charge in [-0.15, -0.1) is 0 Å². The zero-order valence-corrected chi connectivity index (χ0v) is 26.5. The highest BCUT2D eigenvalue weighted by atomic mass is 16.5. The second kappa shape index (κ2) is 12.8. The average molecular weight is 622 g/mol. The number of aromatic nitrogens is 4. The van der Waals surface area contributed by atoms with Crippen LogP contribution in [0.25, 0.3) is 16.9 Å². The van der Waals surface area contributed by atoms with E-state index in [2.05, 4.69) is 32.8 Å². The number of para-hydroxylation sites is 1. The van der Waals surface area contributed by atoms with E-state index in [9.17, 15) is 14.9 Å². The Morgan fingerprint density at radius 2 is 1.74 bits per heavy atom. The van der Waals surface area contributed by atoms with Gasteiger partial charge in [-0.1, -0.05) is 25.1 Å². The molecule has 0 saturated carbocycles. The fourth-order valence-corrected chi connectivity index (χ4v) is 6.46. The van der Waals surface area contributed by atoms with E-state index in [0.717, 1.165) is 32.7 Å². The first kappa shape index (κ1) is 31.0. The Kier molecular flexibility index (Phi) is 8.62. The summed E-state index contributed by atoms with van der Waals surface area (Å²) < 4.78 is 9.02. The Balaban J connectivity index is 1.25. The van der Waals surface area contributed by atoms with Crippen LogP contribution in [0, 0.1) is 11.3 Å². The first-order valence-electron chi connectivity index (χ1n) is 15.7. The van der Waals surface area contributed by atoms with Gasteiger partial charge in [0.15, 0.2) is 11.5 Å². The van der Waals surface area contributed by atoms with Crippen molar-refractivity contribution in [2.45, 2.75) is 38.8 Å². The van der Waals surface area contributed by atoms with E-state index in [1.807, 2.05) is 44.2 Å². The molecular formula is C34H39N9O3. The summed E-state index contributed by atoms with van der Waals surface area (Å²) in [5.74, 6) is 1.17. The molecule has 238 valence electrons. The molecule has 12 heteroatoms. The number of hydrogen-bond acceptors (Lipinski definition) is 9. The van der Waals surface area contributed by atoms with Crippen molar-refractivity contribution in [2.24, 2.45) is 0 Å². The number of likely N-dealkylation sites (tertiary alicyclic amines) is 1. The van der Waals surface area contributed by atoms with Gasteiger partial charge in [-0.05, 0) is 69.3 Å². The van der Waals surface area contributed by atoms with Gasteiger partial charge in [0.25, 0.3) is 5.91 Å². The number of nitriles is 1. The number of ether oxygens (including phenoxy) is 1. The van der Waals surface area contributed by atoms with Crippen LogP contribution in [0.15, 0.2) is 77.4 Å². The van der Waals surface area contributed by atoms with Crippen molar-refractivity contribution in [2.75, 3.05) is 51.5 Å². The van der Waals surface area contributed by atoms with Gasteiger partial charge in [0, 0.05) is 44.8 Å². The lowest BCUT2D eigenvalue weighted by Gasteiger charge is -2.42. The number of piperazine rings is 1. The molecule has 2 N–H and O–H groups in total. The lowest BCUT2D eigenvalue weighted by Crippen LogP contribution is -2.54. The molecule has 0 radical (unpaired) electrons. The number of hydrogen-bond donors (Lipinski definition) is 1. The minimum absolute atomic E-state index is 0.114. The summed E-state index contributed by atoms with van der Waals surface area (Å²) in [6.45, 7) is 11.6. The van der Waals surface area contributed by atoms with Crippen molar-refractivity contribution >= 4 is 22.9 Å². The molecule has 0 unspecified atom stereocenters. The van der Waals surface area contributed by atoms with Crippen molar-refractivity contribution in [3.8, 4) is 23.3 Å². The largest absolute Gasteiger partial charge is 0.457 e. The highest BCUT2D eigenvalue weighted by Gasteiger charge is 2.35. The molecule has 0 aliphatic carbocycles. The predicted octanol–water partition coefficient (Wildman–Crippen LogP) is 3.60. The minimum atomic E-state index is -0.458. The maximum Gasteiger partial charge on any atom is 0.335 e. The lowest BCUT2D eigenvalue weighted by atomic mass is 9.97. The first-order chi connectivity index (χ1) is 22.2. The van der Waals surface area contributed by atoms with Gasteiger partial charge in [0.1, 0.15) is 35.0 Å². The van der Waals surface area contributed by atoms with Gasteiger partial charge in [-0.2, -0.15) is 5.26 Å². The monoisotopic (exact) mass is 621 g/mol. The van der Waals surface area contributed by atoms with E-state index in [0.29, 0.717) is 41.3 Å². The number of imidazole rings is 1. The van der Waals surface area contributed by atoms with Gasteiger partial charge in [0.05, 0.1) is 11.7 Å². The molecule has 0 bridgehead atoms. The van der Waals surface area contributed by atoms with Crippen LogP contribution in [0.4, 0.5) is 5.82 Å². The molecule has 46 heavy (non-hydrogen) atoms. The summed E-state index contributed by atoms with van der Waals surface area (Å²) in [5, 5.41) is 10.0. The van der Waals surface area contributed by atoms with Crippen LogP contribution in [0.2, 0.25) is 0 Å². The maximum absolute atomic E-state index is 14.1. The fraction of sp³-hybridized carbons (Fsp3) is 0.382. The van der Waals surface area contributed by atoms with Crippen LogP contribution in [0.1, 0.15) is 33.2 Å². The van der Waals surface area contributed by atoms with Crippen LogP contribution < -0.4 is 16.2 Å². The number of carbonyl (C=O) groups is 1. The normalized spacial score (nSPS) is 18.2. The number of fused-ring (bicyclic) bond motifs is 1. The maximum atomic E-state index is 14.1. The Hall–Kier alpha value is -4.99. The zero-order valence-electron chi connectivity index (χ0n) is 26.5. The number of anilines is 1. The zero-order chi connectivity index (χ0) is 32.4. The highest BCUT2D eigenvalue weighted by molar-refractivity contribution is 5.97. The molecule has 1 atom stereocenters. The van der Waals surface area contributed by atoms with Crippen molar-refractivity contribution in [3.05, 3.63) is 83.1 Å². The van der Waals surface area contributed by atoms with Crippen LogP contribution in [-0.2, 0) is 4.79 Å². The van der Waals surface area contributed by atoms with Crippen LogP contribution >= 0.6 is 0 Å². The molecule has 2 aromatic heterocycles. The summed E-state index contributed by atoms with van der Waals surface area (Å²) in [5.41, 5.74) is 7.01. The smallest absolute Gasteiger partial charge is 0.335 e. The van der Waals surface area contributed by atoms with Gasteiger partial charge in [-0.3, -0.25) is 18.8 Å². The van der Waals surface area contributed by atoms with Crippen molar-refractivity contribution in [3.63, 3.8) is 0 Å². The molecular weight excluding hydrogens is 582 g/mol. The topological polar surface area (TPSA) is 139 Å². The van der Waals surface area contributed by atoms with Gasteiger partial charge in [0.2, 0.25) is 0 Å². The van der Waals surface area contributed by atoms with E-state index >= 15 is 0 Å². The third-order valence-electron chi connectivity index (χ3n) is 9.05. The Bertz CT molecular complexity index is 1850. The SMILES string of the molecule is CCN1CCN(C(C)(C)C=C(C#N)C(=O)N2CC[C@H](n3c(=O)n(-c4ccc(Oc5ccccc5)cc4)c4c(N)ncnc43)C2)CC1. The third kappa shape index (κ3) is 5.99. The average Bonchev–Trinajstić information content (AvgIpc) is 3.67. The molecule has 2 saturated heterocycles. The van der Waals surface area contributed by atoms with Crippen LogP contribution in [-0.4, -0.2) is 91.1 Å². The standard InChI is InChI=1S/C34H39N9O3/c1-4-39-16-18-41(19-17-39)34(2,3)20-24(21-35)32(44)40-15-14-26(22-40)43-31-29(30(36)37-23-38-31)42(33(43)45)25-10-12-28(13-11-25)46-27-8-6-5-7-9-27/h5-13,20,23,26H,4,14-19,22H2,1-3H3,(H2,36,37,38)/t26-/m0/s1. The number of nitrogens with zero attached hydrogens (tertiary/aromatic N) is 8. The number of likely N-dealkylation sites (N-methyl/N-ethyl adjacent to an activating group) is 1. The lowest BCUT2D eigenvalue weighted by molar-refractivity contribution is -0.125. The predicted molar refractivity (Wildman–Crippen MR) is 176 cm³/mol. The quantitative estimate of drug-likeness (QED) is 0.231. The summed E-state index contributed by atoms with van der Waals surface area (Å²) in [6.07, 6.45) is 3.66. The van der Waals surface area contributed by atoms with Crippen molar-refractivity contribution < 1.29 is 9.53 Å². The summed E-state index contributed by atoms with van der Waals surface area (Å²) in [6, 6.07) is 18.4. The number of amides is 1. The van der Waals surface area contributed by atoms with Gasteiger partial charge < -0.3 is 20.3 Å². The molecule has 2 aliphatic heterocycles. The second-order valence-electron chi connectivity index (χ2n) is 12.3. The number of benzene rings is 2. The third-order valence-corrected chi connectivity index (χ3v) is 9.05. The molecule has 6 rings (SSSR count). The van der Waals surface area contributed by atoms with E-state index in [-0.39, 0.29) is 35.6 Å². The Morgan fingerprint density at radius 3 is 2.41 bits per heavy atom. The van der Waals surface area contributed by atoms with E-state index in [1.165, 1.54) is 10.9 Å². The molecule has 4 aromatic rings. The number of nitrogens with two attached hydrogens (primary N) is 1. The fourth-order valence-electron chi connectivity index (χ4n) is 6.46. The summed E-state index contributed by atoms with van der Waals surface area (Å²) in [7, 11) is 0. The van der Waals surface area contributed by atoms with Crippen molar-refractivity contribution in [1.82, 2.24) is 33.8 Å². The van der Waals surface area contributed by atoms with E-state index in [4.69, 9.17) is 10.5 Å². The summed E-state index contributed by atoms with van der Waals surface area (Å²) in [4.78, 5) is 42.7. The first-order valence-corrected chi connectivity index (χ1v) is 15.7. The number of rotatable bonds is 8.